The summed E-state index contributed by atoms with van der Waals surface area (Å²) in [6.45, 7) is 4.11. The summed E-state index contributed by atoms with van der Waals surface area (Å²) >= 11 is 0. The summed E-state index contributed by atoms with van der Waals surface area (Å²) in [5, 5.41) is 0. The van der Waals surface area contributed by atoms with E-state index in [0.717, 1.165) is 17.8 Å². The Morgan fingerprint density at radius 1 is 1.31 bits per heavy atom. The van der Waals surface area contributed by atoms with Crippen LogP contribution < -0.4 is 0 Å². The Morgan fingerprint density at radius 3 is 2.38 bits per heavy atom. The van der Waals surface area contributed by atoms with Crippen molar-refractivity contribution in [2.75, 3.05) is 14.1 Å². The first-order valence-electron chi connectivity index (χ1n) is 4.60. The maximum Gasteiger partial charge on any atom is 0.0758 e. The van der Waals surface area contributed by atoms with Gasteiger partial charge < -0.3 is 4.90 Å². The van der Waals surface area contributed by atoms with Gasteiger partial charge in [-0.05, 0) is 27.4 Å². The van der Waals surface area contributed by atoms with Crippen molar-refractivity contribution in [3.05, 3.63) is 23.8 Å². The van der Waals surface area contributed by atoms with E-state index in [9.17, 15) is 0 Å². The molecule has 0 aliphatic heterocycles. The summed E-state index contributed by atoms with van der Waals surface area (Å²) < 4.78 is 0. The highest BCUT2D eigenvalue weighted by Gasteiger charge is 2.12. The molecule has 0 aliphatic carbocycles. The lowest BCUT2D eigenvalue weighted by Crippen LogP contribution is -2.20. The maximum atomic E-state index is 4.37. The van der Waals surface area contributed by atoms with Gasteiger partial charge in [0.1, 0.15) is 0 Å². The second-order valence-electron chi connectivity index (χ2n) is 3.47. The third-order valence-corrected chi connectivity index (χ3v) is 2.15. The van der Waals surface area contributed by atoms with Crippen molar-refractivity contribution in [3.8, 4) is 0 Å². The van der Waals surface area contributed by atoms with Crippen LogP contribution in [0.4, 0.5) is 0 Å². The van der Waals surface area contributed by atoms with Gasteiger partial charge in [-0.2, -0.15) is 0 Å². The Hall–Kier alpha value is -0.960. The third-order valence-electron chi connectivity index (χ3n) is 2.15. The summed E-state index contributed by atoms with van der Waals surface area (Å²) in [7, 11) is 4.13. The normalized spacial score (nSPS) is 13.3. The van der Waals surface area contributed by atoms with Gasteiger partial charge in [0.15, 0.2) is 0 Å². The molecule has 0 aliphatic rings. The zero-order valence-corrected chi connectivity index (χ0v) is 8.78. The number of hydrogen-bond donors (Lipinski definition) is 0. The van der Waals surface area contributed by atoms with Crippen molar-refractivity contribution in [1.29, 1.82) is 0 Å². The number of aryl methyl sites for hydroxylation is 1. The molecule has 0 saturated heterocycles. The SMILES string of the molecule is CCC(c1cnc(C)cn1)N(C)C. The Balaban J connectivity index is 2.86. The minimum Gasteiger partial charge on any atom is -0.301 e. The van der Waals surface area contributed by atoms with Crippen molar-refractivity contribution in [1.82, 2.24) is 14.9 Å². The van der Waals surface area contributed by atoms with E-state index in [-0.39, 0.29) is 0 Å². The van der Waals surface area contributed by atoms with Crippen molar-refractivity contribution >= 4 is 0 Å². The van der Waals surface area contributed by atoms with Crippen LogP contribution in [0.1, 0.15) is 30.8 Å². The Bertz CT molecular complexity index is 253. The molecule has 1 aromatic rings. The van der Waals surface area contributed by atoms with Gasteiger partial charge in [-0.3, -0.25) is 9.97 Å². The molecule has 1 heterocycles. The number of rotatable bonds is 3. The minimum absolute atomic E-state index is 0.382. The lowest BCUT2D eigenvalue weighted by atomic mass is 10.1. The topological polar surface area (TPSA) is 29.0 Å². The Labute approximate surface area is 79.8 Å². The highest BCUT2D eigenvalue weighted by atomic mass is 15.1. The summed E-state index contributed by atoms with van der Waals surface area (Å²) in [4.78, 5) is 10.8. The largest absolute Gasteiger partial charge is 0.301 e. The van der Waals surface area contributed by atoms with Crippen LogP contribution in [-0.4, -0.2) is 29.0 Å². The predicted octanol–water partition coefficient (Wildman–Crippen LogP) is 1.80. The van der Waals surface area contributed by atoms with Crippen LogP contribution in [0.15, 0.2) is 12.4 Å². The predicted molar refractivity (Wildman–Crippen MR) is 53.5 cm³/mol. The van der Waals surface area contributed by atoms with Crippen LogP contribution in [-0.2, 0) is 0 Å². The van der Waals surface area contributed by atoms with Crippen LogP contribution in [0.2, 0.25) is 0 Å². The molecule has 0 N–H and O–H groups in total. The van der Waals surface area contributed by atoms with Crippen LogP contribution in [0, 0.1) is 6.92 Å². The van der Waals surface area contributed by atoms with Crippen LogP contribution >= 0.6 is 0 Å². The average Bonchev–Trinajstić information content (AvgIpc) is 2.09. The highest BCUT2D eigenvalue weighted by Crippen LogP contribution is 2.17. The molecule has 1 rings (SSSR count). The van der Waals surface area contributed by atoms with E-state index < -0.39 is 0 Å². The van der Waals surface area contributed by atoms with E-state index >= 15 is 0 Å². The molecule has 1 aromatic heterocycles. The first-order chi connectivity index (χ1) is 6.15. The van der Waals surface area contributed by atoms with Crippen LogP contribution in [0.5, 0.6) is 0 Å². The Kier molecular flexibility index (Phi) is 3.37. The molecule has 0 spiro atoms. The number of nitrogens with zero attached hydrogens (tertiary/aromatic N) is 3. The zero-order chi connectivity index (χ0) is 9.84. The Morgan fingerprint density at radius 2 is 2.00 bits per heavy atom. The standard InChI is InChI=1S/C10H17N3/c1-5-10(13(3)4)9-7-11-8(2)6-12-9/h6-7,10H,5H2,1-4H3. The second kappa shape index (κ2) is 4.33. The van der Waals surface area contributed by atoms with Crippen molar-refractivity contribution in [3.63, 3.8) is 0 Å². The fraction of sp³-hybridized carbons (Fsp3) is 0.600. The monoisotopic (exact) mass is 179 g/mol. The fourth-order valence-electron chi connectivity index (χ4n) is 1.41. The van der Waals surface area contributed by atoms with Crippen LogP contribution in [0.25, 0.3) is 0 Å². The van der Waals surface area contributed by atoms with Crippen molar-refractivity contribution < 1.29 is 0 Å². The molecule has 0 bridgehead atoms. The highest BCUT2D eigenvalue weighted by molar-refractivity contribution is 5.05. The molecule has 1 atom stereocenters. The molecule has 0 aromatic carbocycles. The number of aromatic nitrogens is 2. The van der Waals surface area contributed by atoms with Gasteiger partial charge in [-0.25, -0.2) is 0 Å². The molecule has 0 radical (unpaired) electrons. The lowest BCUT2D eigenvalue weighted by Gasteiger charge is -2.21. The van der Waals surface area contributed by atoms with Crippen LogP contribution in [0.3, 0.4) is 0 Å². The van der Waals surface area contributed by atoms with E-state index in [1.54, 1.807) is 0 Å². The van der Waals surface area contributed by atoms with E-state index in [4.69, 9.17) is 0 Å². The van der Waals surface area contributed by atoms with Gasteiger partial charge in [0, 0.05) is 6.20 Å². The summed E-state index contributed by atoms with van der Waals surface area (Å²) in [5.74, 6) is 0. The third kappa shape index (κ3) is 2.49. The van der Waals surface area contributed by atoms with Gasteiger partial charge >= 0.3 is 0 Å². The average molecular weight is 179 g/mol. The van der Waals surface area contributed by atoms with Gasteiger partial charge in [0.25, 0.3) is 0 Å². The first-order valence-corrected chi connectivity index (χ1v) is 4.60. The molecular formula is C10H17N3. The quantitative estimate of drug-likeness (QED) is 0.708. The van der Waals surface area contributed by atoms with Gasteiger partial charge in [0.2, 0.25) is 0 Å². The molecular weight excluding hydrogens is 162 g/mol. The molecule has 3 nitrogen and oxygen atoms in total. The van der Waals surface area contributed by atoms with E-state index in [0.29, 0.717) is 6.04 Å². The maximum absolute atomic E-state index is 4.37. The van der Waals surface area contributed by atoms with Gasteiger partial charge in [-0.15, -0.1) is 0 Å². The molecule has 72 valence electrons. The van der Waals surface area contributed by atoms with Crippen molar-refractivity contribution in [2.45, 2.75) is 26.3 Å². The van der Waals surface area contributed by atoms with E-state index in [2.05, 4.69) is 35.9 Å². The molecule has 0 amide bonds. The molecule has 1 unspecified atom stereocenters. The molecule has 3 heteroatoms. The smallest absolute Gasteiger partial charge is 0.0758 e. The van der Waals surface area contributed by atoms with Gasteiger partial charge in [0.05, 0.1) is 23.6 Å². The molecule has 0 fully saturated rings. The van der Waals surface area contributed by atoms with Gasteiger partial charge in [-0.1, -0.05) is 6.92 Å². The summed E-state index contributed by atoms with van der Waals surface area (Å²) in [6, 6.07) is 0.382. The molecule has 0 saturated carbocycles. The summed E-state index contributed by atoms with van der Waals surface area (Å²) in [6.07, 6.45) is 4.75. The van der Waals surface area contributed by atoms with E-state index in [1.165, 1.54) is 0 Å². The fourth-order valence-corrected chi connectivity index (χ4v) is 1.41. The summed E-state index contributed by atoms with van der Waals surface area (Å²) in [5.41, 5.74) is 2.02. The van der Waals surface area contributed by atoms with Crippen molar-refractivity contribution in [2.24, 2.45) is 0 Å². The van der Waals surface area contributed by atoms with E-state index in [1.807, 2.05) is 19.3 Å². The lowest BCUT2D eigenvalue weighted by molar-refractivity contribution is 0.285. The number of hydrogen-bond acceptors (Lipinski definition) is 3. The molecule has 13 heavy (non-hydrogen) atoms. The minimum atomic E-state index is 0.382. The zero-order valence-electron chi connectivity index (χ0n) is 8.78. The first kappa shape index (κ1) is 10.1. The second-order valence-corrected chi connectivity index (χ2v) is 3.47.